The van der Waals surface area contributed by atoms with Crippen molar-refractivity contribution >= 4 is 56.7 Å². The van der Waals surface area contributed by atoms with Crippen LogP contribution in [0.2, 0.25) is 0 Å². The van der Waals surface area contributed by atoms with Crippen molar-refractivity contribution in [2.24, 2.45) is 0 Å². The van der Waals surface area contributed by atoms with Gasteiger partial charge in [-0.1, -0.05) is 4.73 Å². The normalized spacial score (nSPS) is 8.88. The van der Waals surface area contributed by atoms with Gasteiger partial charge in [0.2, 0.25) is 0 Å². The molecule has 0 aromatic rings. The standard InChI is InChI=1S/Ba.FH2O4P.Zn.2H/c;1-5-6(2,3)4;;;/h;(H2,2,3,4);;;. The van der Waals surface area contributed by atoms with Crippen molar-refractivity contribution in [3.05, 3.63) is 0 Å². The first-order valence-corrected chi connectivity index (χ1v) is 2.45. The average molecular weight is 321 g/mol. The summed E-state index contributed by atoms with van der Waals surface area (Å²) in [4.78, 5) is 14.7. The first-order chi connectivity index (χ1) is 2.56. The van der Waals surface area contributed by atoms with Gasteiger partial charge in [-0.05, 0) is 4.53 Å². The number of rotatable bonds is 1. The summed E-state index contributed by atoms with van der Waals surface area (Å²) in [5.74, 6) is 0. The monoisotopic (exact) mass is 320 g/mol. The van der Waals surface area contributed by atoms with Crippen LogP contribution in [0.5, 0.6) is 0 Å². The fourth-order valence-corrected chi connectivity index (χ4v) is 0. The number of halogens is 1. The van der Waals surface area contributed by atoms with E-state index in [2.05, 4.69) is 4.73 Å². The summed E-state index contributed by atoms with van der Waals surface area (Å²) in [5.41, 5.74) is 0. The Balaban J connectivity index is -0.000000125. The van der Waals surface area contributed by atoms with Crippen LogP contribution in [0, 0.1) is 0 Å². The second kappa shape index (κ2) is 7.34. The molecule has 0 aromatic carbocycles. The van der Waals surface area contributed by atoms with Gasteiger partial charge in [-0.2, -0.15) is 0 Å². The molecule has 0 saturated carbocycles. The molecular formula is H4BaFO4PZn. The molecule has 0 spiro atoms. The summed E-state index contributed by atoms with van der Waals surface area (Å²) in [6, 6.07) is 0. The molecule has 8 heavy (non-hydrogen) atoms. The molecular weight excluding hydrogens is 317 g/mol. The fourth-order valence-electron chi connectivity index (χ4n) is 0. The van der Waals surface area contributed by atoms with Crippen LogP contribution in [-0.2, 0) is 28.8 Å². The molecule has 0 fully saturated rings. The Hall–Kier alpha value is 2.23. The van der Waals surface area contributed by atoms with Gasteiger partial charge in [0.1, 0.15) is 0 Å². The third-order valence-electron chi connectivity index (χ3n) is 0.0899. The van der Waals surface area contributed by atoms with Crippen LogP contribution in [-0.4, -0.2) is 58.7 Å². The van der Waals surface area contributed by atoms with E-state index in [0.717, 1.165) is 0 Å². The van der Waals surface area contributed by atoms with E-state index in [1.807, 2.05) is 0 Å². The van der Waals surface area contributed by atoms with Crippen LogP contribution in [0.3, 0.4) is 0 Å². The molecule has 0 rings (SSSR count). The summed E-state index contributed by atoms with van der Waals surface area (Å²) < 4.78 is 21.4. The fraction of sp³-hybridized carbons (Fsp3) is 0. The Morgan fingerprint density at radius 2 is 1.62 bits per heavy atom. The molecule has 0 saturated heterocycles. The van der Waals surface area contributed by atoms with Gasteiger partial charge in [-0.25, -0.2) is 4.57 Å². The molecule has 0 unspecified atom stereocenters. The predicted molar refractivity (Wildman–Crippen MR) is 22.8 cm³/mol. The Bertz CT molecular complexity index is 80.1. The smallest absolute Gasteiger partial charge is 0 e. The zero-order valence-electron chi connectivity index (χ0n) is 3.24. The van der Waals surface area contributed by atoms with Gasteiger partial charge in [0, 0.05) is 19.5 Å². The molecule has 2 N–H and O–H groups in total. The van der Waals surface area contributed by atoms with Gasteiger partial charge < -0.3 is 9.79 Å². The molecule has 4 nitrogen and oxygen atoms in total. The summed E-state index contributed by atoms with van der Waals surface area (Å²) >= 11 is 0. The third-order valence-corrected chi connectivity index (χ3v) is 0.270. The maximum atomic E-state index is 10.2. The van der Waals surface area contributed by atoms with E-state index in [-0.39, 0.29) is 68.4 Å². The van der Waals surface area contributed by atoms with Gasteiger partial charge >= 0.3 is 56.7 Å². The largest absolute Gasteiger partial charge is 0 e. The predicted octanol–water partition coefficient (Wildman–Crippen LogP) is -0.939. The SMILES string of the molecule is O=P(O)(O)OF.[BaH2].[Zn]. The van der Waals surface area contributed by atoms with Crippen molar-refractivity contribution in [1.29, 1.82) is 0 Å². The first-order valence-electron chi connectivity index (χ1n) is 0.919. The molecule has 0 aliphatic heterocycles. The minimum Gasteiger partial charge on any atom is 0 e. The van der Waals surface area contributed by atoms with Crippen molar-refractivity contribution in [1.82, 2.24) is 0 Å². The maximum Gasteiger partial charge on any atom is 0 e. The molecule has 8 heteroatoms. The van der Waals surface area contributed by atoms with Crippen molar-refractivity contribution in [2.45, 2.75) is 0 Å². The minimum absolute atomic E-state index is 0. The zero-order valence-corrected chi connectivity index (χ0v) is 7.10. The molecule has 0 bridgehead atoms. The Morgan fingerprint density at radius 1 is 1.50 bits per heavy atom. The molecule has 0 aliphatic carbocycles. The average Bonchev–Trinajstić information content (AvgIpc) is 1.35. The van der Waals surface area contributed by atoms with Gasteiger partial charge in [-0.15, -0.1) is 0 Å². The Labute approximate surface area is 98.2 Å². The zero-order chi connectivity index (χ0) is 5.21. The number of phosphoric acid groups is 1. The summed E-state index contributed by atoms with van der Waals surface area (Å²) in [6.07, 6.45) is 0. The summed E-state index contributed by atoms with van der Waals surface area (Å²) in [6.45, 7) is 0. The number of hydrogen-bond donors (Lipinski definition) is 2. The van der Waals surface area contributed by atoms with Crippen molar-refractivity contribution in [3.63, 3.8) is 0 Å². The van der Waals surface area contributed by atoms with Gasteiger partial charge in [0.15, 0.2) is 0 Å². The van der Waals surface area contributed by atoms with Crippen LogP contribution >= 0.6 is 7.82 Å². The molecule has 44 valence electrons. The van der Waals surface area contributed by atoms with E-state index in [1.165, 1.54) is 0 Å². The van der Waals surface area contributed by atoms with Crippen LogP contribution in [0.1, 0.15) is 0 Å². The van der Waals surface area contributed by atoms with E-state index in [0.29, 0.717) is 0 Å². The second-order valence-electron chi connectivity index (χ2n) is 0.560. The summed E-state index contributed by atoms with van der Waals surface area (Å²) in [5, 5.41) is 0. The van der Waals surface area contributed by atoms with Crippen LogP contribution in [0.4, 0.5) is 4.53 Å². The van der Waals surface area contributed by atoms with Crippen molar-refractivity contribution in [3.8, 4) is 0 Å². The quantitative estimate of drug-likeness (QED) is 0.483. The molecule has 0 atom stereocenters. The topological polar surface area (TPSA) is 66.8 Å². The molecule has 0 radical (unpaired) electrons. The molecule has 0 heterocycles. The van der Waals surface area contributed by atoms with Crippen molar-refractivity contribution < 1.29 is 43.1 Å². The van der Waals surface area contributed by atoms with Gasteiger partial charge in [0.05, 0.1) is 0 Å². The van der Waals surface area contributed by atoms with E-state index in [9.17, 15) is 4.53 Å². The van der Waals surface area contributed by atoms with E-state index >= 15 is 0 Å². The minimum atomic E-state index is -4.81. The van der Waals surface area contributed by atoms with Crippen molar-refractivity contribution in [2.75, 3.05) is 0 Å². The molecule has 0 aromatic heterocycles. The van der Waals surface area contributed by atoms with Crippen LogP contribution in [0.15, 0.2) is 0 Å². The second-order valence-corrected chi connectivity index (χ2v) is 1.68. The molecule has 0 amide bonds. The van der Waals surface area contributed by atoms with Gasteiger partial charge in [-0.3, -0.25) is 0 Å². The van der Waals surface area contributed by atoms with Gasteiger partial charge in [0.25, 0.3) is 0 Å². The van der Waals surface area contributed by atoms with E-state index < -0.39 is 7.82 Å². The maximum absolute atomic E-state index is 10.2. The van der Waals surface area contributed by atoms with Crippen LogP contribution < -0.4 is 0 Å². The Kier molecular flexibility index (Phi) is 15.3. The van der Waals surface area contributed by atoms with E-state index in [1.54, 1.807) is 0 Å². The summed E-state index contributed by atoms with van der Waals surface area (Å²) in [7, 11) is -4.81. The van der Waals surface area contributed by atoms with Crippen LogP contribution in [0.25, 0.3) is 0 Å². The number of hydrogen-bond acceptors (Lipinski definition) is 2. The Morgan fingerprint density at radius 3 is 1.62 bits per heavy atom. The molecule has 0 aliphatic rings. The third kappa shape index (κ3) is 15.7. The first kappa shape index (κ1) is 16.7. The van der Waals surface area contributed by atoms with E-state index in [4.69, 9.17) is 14.4 Å².